The maximum absolute atomic E-state index is 12.0. The van der Waals surface area contributed by atoms with Crippen molar-refractivity contribution >= 4 is 5.97 Å². The molecule has 0 heterocycles. The van der Waals surface area contributed by atoms with Crippen LogP contribution in [0.3, 0.4) is 0 Å². The number of likely N-dealkylation sites (N-methyl/N-ethyl adjacent to an activating group) is 1. The minimum atomic E-state index is -0.0179. The summed E-state index contributed by atoms with van der Waals surface area (Å²) in [7, 11) is 4.17. The highest BCUT2D eigenvalue weighted by atomic mass is 16.5. The zero-order valence-corrected chi connectivity index (χ0v) is 23.9. The van der Waals surface area contributed by atoms with Gasteiger partial charge in [0.25, 0.3) is 0 Å². The normalized spacial score (nSPS) is 18.2. The first-order chi connectivity index (χ1) is 17.1. The van der Waals surface area contributed by atoms with Gasteiger partial charge in [0.15, 0.2) is 0 Å². The lowest BCUT2D eigenvalue weighted by atomic mass is 10.1. The number of nitrogens with zero attached hydrogens (tertiary/aromatic N) is 1. The molecule has 0 amide bonds. The van der Waals surface area contributed by atoms with Gasteiger partial charge in [-0.15, -0.1) is 0 Å². The maximum atomic E-state index is 12.0. The molecule has 1 rings (SSSR count). The fourth-order valence-corrected chi connectivity index (χ4v) is 4.57. The lowest BCUT2D eigenvalue weighted by molar-refractivity contribution is -0.144. The van der Waals surface area contributed by atoms with E-state index in [1.165, 1.54) is 77.0 Å². The van der Waals surface area contributed by atoms with Gasteiger partial charge in [-0.3, -0.25) is 4.79 Å². The van der Waals surface area contributed by atoms with Crippen LogP contribution in [0.4, 0.5) is 0 Å². The lowest BCUT2D eigenvalue weighted by Gasteiger charge is -2.24. The van der Waals surface area contributed by atoms with Crippen LogP contribution in [0.1, 0.15) is 123 Å². The molecule has 0 bridgehead atoms. The molecule has 0 radical (unpaired) electrons. The van der Waals surface area contributed by atoms with E-state index < -0.39 is 0 Å². The molecule has 1 saturated carbocycles. The largest absolute Gasteiger partial charge is 0.465 e. The number of hydrogen-bond donors (Lipinski definition) is 0. The van der Waals surface area contributed by atoms with E-state index >= 15 is 0 Å². The summed E-state index contributed by atoms with van der Waals surface area (Å²) in [5.74, 6) is 1.43. The van der Waals surface area contributed by atoms with E-state index in [0.29, 0.717) is 31.6 Å². The van der Waals surface area contributed by atoms with E-state index in [4.69, 9.17) is 14.2 Å². The first kappa shape index (κ1) is 32.4. The van der Waals surface area contributed by atoms with E-state index in [-0.39, 0.29) is 5.97 Å². The van der Waals surface area contributed by atoms with Crippen molar-refractivity contribution in [1.29, 1.82) is 0 Å². The smallest absolute Gasteiger partial charge is 0.305 e. The quantitative estimate of drug-likeness (QED) is 0.0919. The number of unbranched alkanes of at least 4 members (excludes halogenated alkanes) is 11. The predicted octanol–water partition coefficient (Wildman–Crippen LogP) is 7.41. The average Bonchev–Trinajstić information content (AvgIpc) is 3.60. The van der Waals surface area contributed by atoms with Crippen LogP contribution in [-0.4, -0.2) is 64.0 Å². The summed E-state index contributed by atoms with van der Waals surface area (Å²) in [6, 6.07) is 0.299. The van der Waals surface area contributed by atoms with E-state index in [2.05, 4.69) is 32.8 Å². The number of rotatable bonds is 26. The van der Waals surface area contributed by atoms with Gasteiger partial charge >= 0.3 is 5.97 Å². The second kappa shape index (κ2) is 22.5. The maximum Gasteiger partial charge on any atom is 0.305 e. The summed E-state index contributed by atoms with van der Waals surface area (Å²) in [4.78, 5) is 14.2. The highest BCUT2D eigenvalue weighted by Crippen LogP contribution is 2.42. The van der Waals surface area contributed by atoms with Crippen LogP contribution in [0, 0.1) is 11.8 Å². The Morgan fingerprint density at radius 2 is 1.29 bits per heavy atom. The van der Waals surface area contributed by atoms with Crippen molar-refractivity contribution in [1.82, 2.24) is 4.90 Å². The van der Waals surface area contributed by atoms with Gasteiger partial charge in [-0.05, 0) is 51.6 Å². The van der Waals surface area contributed by atoms with Crippen molar-refractivity contribution in [2.75, 3.05) is 47.1 Å². The van der Waals surface area contributed by atoms with Crippen LogP contribution in [0.2, 0.25) is 0 Å². The van der Waals surface area contributed by atoms with Gasteiger partial charge in [0.1, 0.15) is 0 Å². The Balaban J connectivity index is 1.90. The topological polar surface area (TPSA) is 48.0 Å². The molecule has 1 fully saturated rings. The fourth-order valence-electron chi connectivity index (χ4n) is 4.57. The van der Waals surface area contributed by atoms with E-state index in [0.717, 1.165) is 51.4 Å². The predicted molar refractivity (Wildman–Crippen MR) is 147 cm³/mol. The zero-order chi connectivity index (χ0) is 25.6. The Kier molecular flexibility index (Phi) is 20.9. The second-order valence-electron chi connectivity index (χ2n) is 11.0. The van der Waals surface area contributed by atoms with Crippen LogP contribution in [0.5, 0.6) is 0 Å². The van der Waals surface area contributed by atoms with Gasteiger partial charge in [-0.25, -0.2) is 0 Å². The first-order valence-corrected chi connectivity index (χ1v) is 15.1. The van der Waals surface area contributed by atoms with Crippen molar-refractivity contribution in [2.45, 2.75) is 129 Å². The molecule has 0 aromatic carbocycles. The van der Waals surface area contributed by atoms with Crippen molar-refractivity contribution < 1.29 is 19.0 Å². The number of esters is 1. The van der Waals surface area contributed by atoms with Crippen LogP contribution in [0.25, 0.3) is 0 Å². The molecule has 5 nitrogen and oxygen atoms in total. The standard InChI is InChI=1S/C30H59NO4/c1-5-7-9-11-12-15-19-27-23-28(27)24-35-30(32)20-16-14-18-22-34-26-29(31(3)4)25-33-21-17-13-10-8-6-2/h27-29H,5-26H2,1-4H3. The number of carbonyl (C=O) groups is 1. The molecule has 0 aromatic rings. The first-order valence-electron chi connectivity index (χ1n) is 15.1. The third-order valence-electron chi connectivity index (χ3n) is 7.37. The third kappa shape index (κ3) is 19.2. The minimum absolute atomic E-state index is 0.0179. The van der Waals surface area contributed by atoms with Gasteiger partial charge < -0.3 is 19.1 Å². The summed E-state index contributed by atoms with van der Waals surface area (Å²) in [6.07, 6.45) is 20.6. The molecule has 3 atom stereocenters. The van der Waals surface area contributed by atoms with Crippen LogP contribution in [0.15, 0.2) is 0 Å². The van der Waals surface area contributed by atoms with Crippen LogP contribution < -0.4 is 0 Å². The Morgan fingerprint density at radius 3 is 1.89 bits per heavy atom. The Labute approximate surface area is 218 Å². The summed E-state index contributed by atoms with van der Waals surface area (Å²) >= 11 is 0. The molecule has 35 heavy (non-hydrogen) atoms. The van der Waals surface area contributed by atoms with Gasteiger partial charge in [0.2, 0.25) is 0 Å². The van der Waals surface area contributed by atoms with Crippen molar-refractivity contribution in [2.24, 2.45) is 11.8 Å². The van der Waals surface area contributed by atoms with Gasteiger partial charge in [-0.1, -0.05) is 90.9 Å². The number of carbonyl (C=O) groups excluding carboxylic acids is 1. The molecular formula is C30H59NO4. The minimum Gasteiger partial charge on any atom is -0.465 e. The second-order valence-corrected chi connectivity index (χ2v) is 11.0. The van der Waals surface area contributed by atoms with E-state index in [1.807, 2.05) is 0 Å². The summed E-state index contributed by atoms with van der Waals surface area (Å²) in [5, 5.41) is 0. The highest BCUT2D eigenvalue weighted by molar-refractivity contribution is 5.69. The molecule has 0 N–H and O–H groups in total. The Hall–Kier alpha value is -0.650. The monoisotopic (exact) mass is 497 g/mol. The van der Waals surface area contributed by atoms with Crippen LogP contribution >= 0.6 is 0 Å². The summed E-state index contributed by atoms with van der Waals surface area (Å²) in [5.41, 5.74) is 0. The van der Waals surface area contributed by atoms with Crippen molar-refractivity contribution in [3.05, 3.63) is 0 Å². The number of ether oxygens (including phenoxy) is 3. The molecule has 1 aliphatic carbocycles. The van der Waals surface area contributed by atoms with Gasteiger partial charge in [0, 0.05) is 19.6 Å². The van der Waals surface area contributed by atoms with E-state index in [9.17, 15) is 4.79 Å². The van der Waals surface area contributed by atoms with Crippen molar-refractivity contribution in [3.8, 4) is 0 Å². The number of hydrogen-bond acceptors (Lipinski definition) is 5. The summed E-state index contributed by atoms with van der Waals surface area (Å²) < 4.78 is 17.3. The fraction of sp³-hybridized carbons (Fsp3) is 0.967. The molecule has 3 unspecified atom stereocenters. The van der Waals surface area contributed by atoms with Crippen molar-refractivity contribution in [3.63, 3.8) is 0 Å². The van der Waals surface area contributed by atoms with Gasteiger partial charge in [0.05, 0.1) is 25.9 Å². The molecule has 5 heteroatoms. The molecular weight excluding hydrogens is 438 g/mol. The highest BCUT2D eigenvalue weighted by Gasteiger charge is 2.37. The molecule has 0 saturated heterocycles. The SMILES string of the molecule is CCCCCCCCC1CC1COC(=O)CCCCCOCC(COCCCCCCC)N(C)C. The molecule has 1 aliphatic rings. The average molecular weight is 498 g/mol. The Bertz CT molecular complexity index is 485. The Morgan fingerprint density at radius 1 is 0.743 bits per heavy atom. The van der Waals surface area contributed by atoms with E-state index in [1.54, 1.807) is 0 Å². The molecule has 0 spiro atoms. The zero-order valence-electron chi connectivity index (χ0n) is 23.9. The lowest BCUT2D eigenvalue weighted by Crippen LogP contribution is -2.37. The molecule has 0 aromatic heterocycles. The van der Waals surface area contributed by atoms with Gasteiger partial charge in [-0.2, -0.15) is 0 Å². The third-order valence-corrected chi connectivity index (χ3v) is 7.37. The molecule has 208 valence electrons. The summed E-state index contributed by atoms with van der Waals surface area (Å²) in [6.45, 7) is 8.19. The van der Waals surface area contributed by atoms with Crippen LogP contribution in [-0.2, 0) is 19.0 Å². The molecule has 0 aliphatic heterocycles.